The lowest BCUT2D eigenvalue weighted by Gasteiger charge is -2.30. The summed E-state index contributed by atoms with van der Waals surface area (Å²) in [5.74, 6) is 0.918. The van der Waals surface area contributed by atoms with Crippen molar-refractivity contribution in [3.63, 3.8) is 0 Å². The third kappa shape index (κ3) is 3.81. The molecule has 2 aromatic heterocycles. The molecular formula is C25H24N4O5. The van der Waals surface area contributed by atoms with Crippen molar-refractivity contribution >= 4 is 28.5 Å². The van der Waals surface area contributed by atoms with Crippen molar-refractivity contribution in [3.05, 3.63) is 78.1 Å². The van der Waals surface area contributed by atoms with Gasteiger partial charge in [-0.15, -0.1) is 0 Å². The van der Waals surface area contributed by atoms with Crippen molar-refractivity contribution in [1.82, 2.24) is 9.61 Å². The second-order valence-corrected chi connectivity index (χ2v) is 7.61. The molecule has 0 amide bonds. The molecule has 0 radical (unpaired) electrons. The average molecular weight is 460 g/mol. The number of benzene rings is 2. The summed E-state index contributed by atoms with van der Waals surface area (Å²) in [5.41, 5.74) is 3.56. The SMILES string of the molecule is CCOC(=O)c1cn2ncc(NC)c3c2c1COC(O)N3c1ccc(Oc2ccccc2)cc1. The molecule has 1 aliphatic heterocycles. The number of nitrogens with one attached hydrogen (secondary N) is 1. The number of carbonyl (C=O) groups is 1. The fourth-order valence-electron chi connectivity index (χ4n) is 4.04. The number of aromatic nitrogens is 2. The van der Waals surface area contributed by atoms with E-state index in [1.54, 1.807) is 35.8 Å². The molecule has 2 aromatic carbocycles. The van der Waals surface area contributed by atoms with Crippen molar-refractivity contribution < 1.29 is 24.1 Å². The molecule has 2 N–H and O–H groups in total. The Balaban J connectivity index is 1.60. The smallest absolute Gasteiger partial charge is 0.340 e. The molecule has 9 nitrogen and oxygen atoms in total. The van der Waals surface area contributed by atoms with Crippen LogP contribution in [-0.4, -0.2) is 40.8 Å². The molecule has 0 saturated heterocycles. The van der Waals surface area contributed by atoms with E-state index in [9.17, 15) is 9.90 Å². The van der Waals surface area contributed by atoms with E-state index in [2.05, 4.69) is 10.4 Å². The van der Waals surface area contributed by atoms with Crippen molar-refractivity contribution in [1.29, 1.82) is 0 Å². The number of anilines is 3. The topological polar surface area (TPSA) is 97.6 Å². The zero-order valence-corrected chi connectivity index (χ0v) is 18.8. The molecule has 34 heavy (non-hydrogen) atoms. The highest BCUT2D eigenvalue weighted by atomic mass is 16.6. The molecule has 1 unspecified atom stereocenters. The number of aliphatic hydroxyl groups is 1. The molecule has 3 heterocycles. The standard InChI is InChI=1S/C25H24N4O5/c1-3-32-24(30)19-14-28-22-20(19)15-33-25(31)29(23(22)21(26-2)13-27-28)16-9-11-18(12-10-16)34-17-7-5-4-6-8-17/h4-14,25-26,31H,3,15H2,1-2H3. The lowest BCUT2D eigenvalue weighted by molar-refractivity contribution is -0.0999. The molecule has 0 aliphatic carbocycles. The number of para-hydroxylation sites is 1. The van der Waals surface area contributed by atoms with E-state index in [4.69, 9.17) is 14.2 Å². The first kappa shape index (κ1) is 21.7. The summed E-state index contributed by atoms with van der Waals surface area (Å²) in [5, 5.41) is 18.6. The highest BCUT2D eigenvalue weighted by Gasteiger charge is 2.32. The van der Waals surface area contributed by atoms with E-state index in [-0.39, 0.29) is 13.2 Å². The maximum Gasteiger partial charge on any atom is 0.340 e. The second-order valence-electron chi connectivity index (χ2n) is 7.61. The molecule has 0 fully saturated rings. The first-order valence-corrected chi connectivity index (χ1v) is 10.9. The van der Waals surface area contributed by atoms with Crippen LogP contribution in [0.15, 0.2) is 67.0 Å². The number of carbonyl (C=O) groups excluding carboxylic acids is 1. The minimum atomic E-state index is -1.30. The van der Waals surface area contributed by atoms with E-state index in [1.165, 1.54) is 0 Å². The van der Waals surface area contributed by atoms with Gasteiger partial charge in [0.15, 0.2) is 0 Å². The molecule has 0 bridgehead atoms. The van der Waals surface area contributed by atoms with Gasteiger partial charge in [-0.2, -0.15) is 5.10 Å². The molecule has 1 atom stereocenters. The summed E-state index contributed by atoms with van der Waals surface area (Å²) in [6.07, 6.45) is 1.96. The quantitative estimate of drug-likeness (QED) is 0.412. The molecular weight excluding hydrogens is 436 g/mol. The first-order chi connectivity index (χ1) is 16.6. The monoisotopic (exact) mass is 460 g/mol. The van der Waals surface area contributed by atoms with Crippen LogP contribution in [0.4, 0.5) is 17.1 Å². The number of esters is 1. The summed E-state index contributed by atoms with van der Waals surface area (Å²) >= 11 is 0. The largest absolute Gasteiger partial charge is 0.462 e. The second kappa shape index (κ2) is 9.05. The van der Waals surface area contributed by atoms with Crippen LogP contribution in [0.2, 0.25) is 0 Å². The van der Waals surface area contributed by atoms with Gasteiger partial charge >= 0.3 is 5.97 Å². The normalized spacial score (nSPS) is 15.1. The van der Waals surface area contributed by atoms with Crippen LogP contribution in [0.1, 0.15) is 22.8 Å². The van der Waals surface area contributed by atoms with E-state index in [0.29, 0.717) is 39.5 Å². The fraction of sp³-hybridized carbons (Fsp3) is 0.200. The Labute approximate surface area is 196 Å². The van der Waals surface area contributed by atoms with Crippen LogP contribution in [0.5, 0.6) is 11.5 Å². The Kier molecular flexibility index (Phi) is 5.79. The predicted molar refractivity (Wildman–Crippen MR) is 127 cm³/mol. The van der Waals surface area contributed by atoms with Crippen LogP contribution in [0.25, 0.3) is 5.52 Å². The van der Waals surface area contributed by atoms with E-state index >= 15 is 0 Å². The highest BCUT2D eigenvalue weighted by Crippen LogP contribution is 2.42. The van der Waals surface area contributed by atoms with Gasteiger partial charge in [0.1, 0.15) is 11.5 Å². The lowest BCUT2D eigenvalue weighted by Crippen LogP contribution is -2.33. The Morgan fingerprint density at radius 3 is 2.62 bits per heavy atom. The van der Waals surface area contributed by atoms with Gasteiger partial charge in [-0.25, -0.2) is 9.31 Å². The summed E-state index contributed by atoms with van der Waals surface area (Å²) < 4.78 is 18.5. The van der Waals surface area contributed by atoms with Crippen LogP contribution >= 0.6 is 0 Å². The van der Waals surface area contributed by atoms with Gasteiger partial charge in [0.2, 0.25) is 6.41 Å². The summed E-state index contributed by atoms with van der Waals surface area (Å²) in [7, 11) is 1.77. The van der Waals surface area contributed by atoms with E-state index in [0.717, 1.165) is 5.75 Å². The van der Waals surface area contributed by atoms with Crippen LogP contribution in [0, 0.1) is 0 Å². The zero-order valence-electron chi connectivity index (χ0n) is 18.8. The number of nitrogens with zero attached hydrogens (tertiary/aromatic N) is 3. The van der Waals surface area contributed by atoms with Gasteiger partial charge in [0.25, 0.3) is 0 Å². The molecule has 4 aromatic rings. The van der Waals surface area contributed by atoms with Crippen LogP contribution < -0.4 is 15.0 Å². The maximum absolute atomic E-state index is 12.6. The molecule has 1 aliphatic rings. The number of aliphatic hydroxyl groups excluding tert-OH is 1. The summed E-state index contributed by atoms with van der Waals surface area (Å²) in [4.78, 5) is 14.2. The Morgan fingerprint density at radius 2 is 1.91 bits per heavy atom. The molecule has 0 spiro atoms. The molecule has 174 valence electrons. The van der Waals surface area contributed by atoms with Gasteiger partial charge in [0, 0.05) is 24.5 Å². The van der Waals surface area contributed by atoms with Crippen LogP contribution in [-0.2, 0) is 16.1 Å². The number of rotatable bonds is 6. The van der Waals surface area contributed by atoms with Gasteiger partial charge in [-0.3, -0.25) is 4.90 Å². The highest BCUT2D eigenvalue weighted by molar-refractivity contribution is 5.99. The van der Waals surface area contributed by atoms with Gasteiger partial charge in [0.05, 0.1) is 41.9 Å². The van der Waals surface area contributed by atoms with Crippen molar-refractivity contribution in [2.75, 3.05) is 23.9 Å². The van der Waals surface area contributed by atoms with Gasteiger partial charge < -0.3 is 24.6 Å². The van der Waals surface area contributed by atoms with E-state index in [1.807, 2.05) is 54.6 Å². The molecule has 0 saturated carbocycles. The minimum Gasteiger partial charge on any atom is -0.462 e. The van der Waals surface area contributed by atoms with Crippen LogP contribution in [0.3, 0.4) is 0 Å². The van der Waals surface area contributed by atoms with Gasteiger partial charge in [-0.1, -0.05) is 18.2 Å². The lowest BCUT2D eigenvalue weighted by atomic mass is 10.1. The van der Waals surface area contributed by atoms with E-state index < -0.39 is 12.4 Å². The third-order valence-corrected chi connectivity index (χ3v) is 5.58. The maximum atomic E-state index is 12.6. The fourth-order valence-corrected chi connectivity index (χ4v) is 4.04. The zero-order chi connectivity index (χ0) is 23.7. The molecule has 9 heteroatoms. The third-order valence-electron chi connectivity index (χ3n) is 5.58. The van der Waals surface area contributed by atoms with Crippen molar-refractivity contribution in [2.24, 2.45) is 0 Å². The number of ether oxygens (including phenoxy) is 3. The summed E-state index contributed by atoms with van der Waals surface area (Å²) in [6.45, 7) is 2.01. The number of hydrogen-bond acceptors (Lipinski definition) is 8. The van der Waals surface area contributed by atoms with Crippen molar-refractivity contribution in [3.8, 4) is 11.5 Å². The predicted octanol–water partition coefficient (Wildman–Crippen LogP) is 4.29. The number of hydrogen-bond donors (Lipinski definition) is 2. The first-order valence-electron chi connectivity index (χ1n) is 10.9. The Morgan fingerprint density at radius 1 is 1.18 bits per heavy atom. The average Bonchev–Trinajstić information content (AvgIpc) is 3.16. The Bertz CT molecular complexity index is 1320. The van der Waals surface area contributed by atoms with Crippen molar-refractivity contribution in [2.45, 2.75) is 19.9 Å². The molecule has 5 rings (SSSR count). The Hall–Kier alpha value is -4.08. The minimum absolute atomic E-state index is 0.0133. The summed E-state index contributed by atoms with van der Waals surface area (Å²) in [6, 6.07) is 16.8. The van der Waals surface area contributed by atoms with Gasteiger partial charge in [-0.05, 0) is 43.3 Å².